The fourth-order valence-corrected chi connectivity index (χ4v) is 2.39. The molecule has 124 valence electrons. The number of aliphatic hydroxyl groups excluding tert-OH is 1. The molecule has 0 aromatic heterocycles. The number of aryl methyl sites for hydroxylation is 1. The number of rotatable bonds is 7. The molecule has 5 heteroatoms. The summed E-state index contributed by atoms with van der Waals surface area (Å²) in [5, 5.41) is 10.3. The Balaban J connectivity index is 1.88. The van der Waals surface area contributed by atoms with Gasteiger partial charge in [-0.2, -0.15) is 0 Å². The maximum atomic E-state index is 9.23. The number of hydrogen-bond donors (Lipinski definition) is 2. The molecule has 0 bridgehead atoms. The highest BCUT2D eigenvalue weighted by Crippen LogP contribution is 2.23. The highest BCUT2D eigenvalue weighted by Gasteiger charge is 2.20. The summed E-state index contributed by atoms with van der Waals surface area (Å²) < 4.78 is 5.75. The van der Waals surface area contributed by atoms with Gasteiger partial charge in [-0.05, 0) is 48.7 Å². The summed E-state index contributed by atoms with van der Waals surface area (Å²) in [4.78, 5) is 0. The molecule has 0 amide bonds. The van der Waals surface area contributed by atoms with Gasteiger partial charge in [0, 0.05) is 6.42 Å². The summed E-state index contributed by atoms with van der Waals surface area (Å²) in [6, 6.07) is 13.4. The highest BCUT2D eigenvalue weighted by atomic mass is 35.5. The van der Waals surface area contributed by atoms with Crippen LogP contribution in [0.4, 0.5) is 0 Å². The molecule has 2 rings (SSSR count). The molecule has 0 fully saturated rings. The topological polar surface area (TPSA) is 57.1 Å². The third-order valence-electron chi connectivity index (χ3n) is 3.71. The van der Waals surface area contributed by atoms with Crippen LogP contribution in [0.1, 0.15) is 24.5 Å². The van der Waals surface area contributed by atoms with Crippen LogP contribution in [0.2, 0.25) is 10.0 Å². The van der Waals surface area contributed by atoms with E-state index in [0.29, 0.717) is 16.7 Å². The molecule has 4 N–H and O–H groups in total. The summed E-state index contributed by atoms with van der Waals surface area (Å²) in [5.74, 6) is 0.805. The maximum Gasteiger partial charge on any atom is 0.119 e. The largest absolute Gasteiger partial charge is 0.489 e. The number of ether oxygens (including phenoxy) is 1. The van der Waals surface area contributed by atoms with E-state index in [9.17, 15) is 5.11 Å². The molecule has 2 aromatic carbocycles. The average Bonchev–Trinajstić information content (AvgIpc) is 2.55. The zero-order valence-electron chi connectivity index (χ0n) is 13.2. The van der Waals surface area contributed by atoms with Gasteiger partial charge in [-0.3, -0.25) is 0 Å². The van der Waals surface area contributed by atoms with E-state index in [-0.39, 0.29) is 12.1 Å². The minimum Gasteiger partial charge on any atom is -0.489 e. The zero-order chi connectivity index (χ0) is 16.9. The molecule has 3 nitrogen and oxygen atoms in total. The van der Waals surface area contributed by atoms with Crippen molar-refractivity contribution in [3.8, 4) is 5.75 Å². The summed E-state index contributed by atoms with van der Waals surface area (Å²) in [5.41, 5.74) is 5.89. The molecule has 0 saturated heterocycles. The zero-order valence-corrected chi connectivity index (χ0v) is 14.7. The van der Waals surface area contributed by atoms with Gasteiger partial charge in [0.05, 0.1) is 16.7 Å². The third-order valence-corrected chi connectivity index (χ3v) is 4.45. The van der Waals surface area contributed by atoms with E-state index in [4.69, 9.17) is 27.9 Å². The molecule has 0 saturated carbocycles. The van der Waals surface area contributed by atoms with Crippen LogP contribution in [-0.2, 0) is 13.0 Å². The second-order valence-corrected chi connectivity index (χ2v) is 6.96. The Morgan fingerprint density at radius 2 is 1.70 bits per heavy atom. The van der Waals surface area contributed by atoms with Crippen molar-refractivity contribution in [1.29, 1.82) is 0 Å². The molecule has 0 aliphatic heterocycles. The van der Waals surface area contributed by atoms with Gasteiger partial charge in [-0.1, -0.05) is 41.4 Å². The Kier molecular flexibility index (Phi) is 6.31. The normalized spacial score (nSPS) is 13.6. The van der Waals surface area contributed by atoms with Gasteiger partial charge in [0.1, 0.15) is 17.9 Å². The Labute approximate surface area is 147 Å². The lowest BCUT2D eigenvalue weighted by molar-refractivity contribution is -0.479. The molecular formula is C18H22Cl2NO2+. The van der Waals surface area contributed by atoms with Crippen molar-refractivity contribution in [2.24, 2.45) is 0 Å². The third kappa shape index (κ3) is 5.70. The first-order valence-corrected chi connectivity index (χ1v) is 8.27. The lowest BCUT2D eigenvalue weighted by Gasteiger charge is -2.17. The fourth-order valence-electron chi connectivity index (χ4n) is 2.07. The Morgan fingerprint density at radius 1 is 1.04 bits per heavy atom. The van der Waals surface area contributed by atoms with E-state index in [1.807, 2.05) is 43.3 Å². The lowest BCUT2D eigenvalue weighted by atomic mass is 9.95. The molecule has 0 heterocycles. The Bertz CT molecular complexity index is 642. The van der Waals surface area contributed by atoms with E-state index in [0.717, 1.165) is 24.2 Å². The molecule has 0 unspecified atom stereocenters. The number of hydrogen-bond acceptors (Lipinski definition) is 2. The van der Waals surface area contributed by atoms with Crippen LogP contribution in [0.5, 0.6) is 5.75 Å². The second-order valence-electron chi connectivity index (χ2n) is 6.15. The minimum atomic E-state index is -0.289. The van der Waals surface area contributed by atoms with Gasteiger partial charge in [0.15, 0.2) is 0 Å². The standard InChI is InChI=1S/C18H21Cl2NO2/c1-18(21,12-22)9-8-13-2-5-15(6-3-13)23-11-14-4-7-16(19)17(20)10-14/h2-7,10,22H,8-9,11-12,21H2,1H3/p+1/t18-/m0/s1. The molecular weight excluding hydrogens is 333 g/mol. The van der Waals surface area contributed by atoms with Crippen LogP contribution >= 0.6 is 23.2 Å². The predicted octanol–water partition coefficient (Wildman–Crippen LogP) is 3.50. The quantitative estimate of drug-likeness (QED) is 0.799. The first-order chi connectivity index (χ1) is 10.9. The monoisotopic (exact) mass is 354 g/mol. The highest BCUT2D eigenvalue weighted by molar-refractivity contribution is 6.42. The first-order valence-electron chi connectivity index (χ1n) is 7.51. The van der Waals surface area contributed by atoms with Crippen LogP contribution in [0, 0.1) is 0 Å². The van der Waals surface area contributed by atoms with Crippen molar-refractivity contribution in [3.63, 3.8) is 0 Å². The maximum absolute atomic E-state index is 9.23. The molecule has 0 radical (unpaired) electrons. The van der Waals surface area contributed by atoms with E-state index in [1.54, 1.807) is 6.07 Å². The smallest absolute Gasteiger partial charge is 0.119 e. The average molecular weight is 355 g/mol. The summed E-state index contributed by atoms with van der Waals surface area (Å²) >= 11 is 11.9. The number of quaternary nitrogens is 1. The van der Waals surface area contributed by atoms with E-state index in [1.165, 1.54) is 5.56 Å². The van der Waals surface area contributed by atoms with Crippen LogP contribution in [0.3, 0.4) is 0 Å². The molecule has 1 atom stereocenters. The van der Waals surface area contributed by atoms with Gasteiger partial charge in [-0.25, -0.2) is 0 Å². The molecule has 0 aliphatic rings. The Morgan fingerprint density at radius 3 is 2.30 bits per heavy atom. The van der Waals surface area contributed by atoms with E-state index < -0.39 is 0 Å². The van der Waals surface area contributed by atoms with Crippen LogP contribution in [0.15, 0.2) is 42.5 Å². The van der Waals surface area contributed by atoms with Crippen molar-refractivity contribution in [2.75, 3.05) is 6.61 Å². The minimum absolute atomic E-state index is 0.0951. The van der Waals surface area contributed by atoms with Gasteiger partial charge in [0.25, 0.3) is 0 Å². The van der Waals surface area contributed by atoms with Gasteiger partial charge >= 0.3 is 0 Å². The molecule has 23 heavy (non-hydrogen) atoms. The number of halogens is 2. The second kappa shape index (κ2) is 8.02. The van der Waals surface area contributed by atoms with Crippen LogP contribution in [-0.4, -0.2) is 17.3 Å². The first kappa shape index (κ1) is 18.1. The van der Waals surface area contributed by atoms with E-state index >= 15 is 0 Å². The fraction of sp³-hybridized carbons (Fsp3) is 0.333. The van der Waals surface area contributed by atoms with Gasteiger partial charge in [-0.15, -0.1) is 0 Å². The van der Waals surface area contributed by atoms with Gasteiger partial charge < -0.3 is 15.6 Å². The molecule has 2 aromatic rings. The molecule has 0 spiro atoms. The van der Waals surface area contributed by atoms with Crippen molar-refractivity contribution in [3.05, 3.63) is 63.6 Å². The number of benzene rings is 2. The summed E-state index contributed by atoms with van der Waals surface area (Å²) in [7, 11) is 0. The van der Waals surface area contributed by atoms with Crippen molar-refractivity contribution in [1.82, 2.24) is 0 Å². The van der Waals surface area contributed by atoms with Crippen LogP contribution < -0.4 is 10.5 Å². The van der Waals surface area contributed by atoms with Gasteiger partial charge in [0.2, 0.25) is 0 Å². The SMILES string of the molecule is C[C@@]([NH3+])(CO)CCc1ccc(OCc2ccc(Cl)c(Cl)c2)cc1. The van der Waals surface area contributed by atoms with Crippen molar-refractivity contribution in [2.45, 2.75) is 31.9 Å². The van der Waals surface area contributed by atoms with Crippen LogP contribution in [0.25, 0.3) is 0 Å². The molecule has 0 aliphatic carbocycles. The Hall–Kier alpha value is -1.26. The lowest BCUT2D eigenvalue weighted by Crippen LogP contribution is -2.73. The predicted molar refractivity (Wildman–Crippen MR) is 93.9 cm³/mol. The number of aliphatic hydroxyl groups is 1. The van der Waals surface area contributed by atoms with Crippen molar-refractivity contribution < 1.29 is 15.6 Å². The summed E-state index contributed by atoms with van der Waals surface area (Å²) in [6.07, 6.45) is 1.72. The van der Waals surface area contributed by atoms with Crippen molar-refractivity contribution >= 4 is 23.2 Å². The van der Waals surface area contributed by atoms with E-state index in [2.05, 4.69) is 5.73 Å². The summed E-state index contributed by atoms with van der Waals surface area (Å²) in [6.45, 7) is 2.50.